The van der Waals surface area contributed by atoms with Gasteiger partial charge in [0, 0.05) is 32.1 Å². The Labute approximate surface area is 148 Å². The topological polar surface area (TPSA) is 69.0 Å². The van der Waals surface area contributed by atoms with Gasteiger partial charge in [0.05, 0.1) is 18.7 Å². The van der Waals surface area contributed by atoms with Gasteiger partial charge in [0.15, 0.2) is 5.82 Å². The lowest BCUT2D eigenvalue weighted by atomic mass is 10.2. The largest absolute Gasteiger partial charge is 0.377 e. The van der Waals surface area contributed by atoms with E-state index >= 15 is 0 Å². The number of aromatic nitrogens is 5. The lowest BCUT2D eigenvalue weighted by Gasteiger charge is -2.25. The predicted molar refractivity (Wildman–Crippen MR) is 92.6 cm³/mol. The third-order valence-corrected chi connectivity index (χ3v) is 5.21. The number of tetrazole rings is 1. The lowest BCUT2D eigenvalue weighted by Crippen LogP contribution is -2.33. The van der Waals surface area contributed by atoms with Crippen molar-refractivity contribution in [3.63, 3.8) is 0 Å². The van der Waals surface area contributed by atoms with E-state index in [0.29, 0.717) is 12.1 Å². The normalized spacial score (nSPS) is 21.4. The Morgan fingerprint density at radius 2 is 2.08 bits per heavy atom. The van der Waals surface area contributed by atoms with Crippen molar-refractivity contribution in [3.05, 3.63) is 35.9 Å². The molecule has 0 N–H and O–H groups in total. The number of hydrogen-bond acceptors (Lipinski definition) is 6. The molecule has 134 valence electrons. The molecule has 0 bridgehead atoms. The van der Waals surface area contributed by atoms with E-state index in [-0.39, 0.29) is 0 Å². The Hall–Kier alpha value is -1.86. The van der Waals surface area contributed by atoms with Crippen molar-refractivity contribution >= 4 is 0 Å². The Morgan fingerprint density at radius 1 is 1.16 bits per heavy atom. The van der Waals surface area contributed by atoms with Crippen LogP contribution in [0, 0.1) is 0 Å². The first kappa shape index (κ1) is 16.6. The standard InChI is InChI=1S/C18H26N6O/c1-2-7-16(6-1)24-18(20-21-22-24)14-23(13-17-8-4-10-25-17)12-15-5-3-9-19-11-15/h3,5,9,11,16-17H,1-2,4,6-8,10,12-14H2. The Morgan fingerprint density at radius 3 is 2.84 bits per heavy atom. The molecule has 3 heterocycles. The molecule has 2 aliphatic rings. The van der Waals surface area contributed by atoms with Gasteiger partial charge in [-0.05, 0) is 47.7 Å². The molecule has 1 saturated heterocycles. The summed E-state index contributed by atoms with van der Waals surface area (Å²) in [6.07, 6.45) is 11.3. The summed E-state index contributed by atoms with van der Waals surface area (Å²) in [5.41, 5.74) is 1.21. The van der Waals surface area contributed by atoms with Crippen LogP contribution in [0.1, 0.15) is 56.0 Å². The van der Waals surface area contributed by atoms with Crippen LogP contribution >= 0.6 is 0 Å². The monoisotopic (exact) mass is 342 g/mol. The van der Waals surface area contributed by atoms with E-state index in [1.165, 1.54) is 31.2 Å². The summed E-state index contributed by atoms with van der Waals surface area (Å²) in [7, 11) is 0. The lowest BCUT2D eigenvalue weighted by molar-refractivity contribution is 0.0662. The van der Waals surface area contributed by atoms with Gasteiger partial charge in [-0.3, -0.25) is 9.88 Å². The van der Waals surface area contributed by atoms with Crippen molar-refractivity contribution < 1.29 is 4.74 Å². The molecule has 2 aromatic rings. The van der Waals surface area contributed by atoms with Crippen LogP contribution in [0.4, 0.5) is 0 Å². The number of pyridine rings is 1. The molecule has 0 amide bonds. The van der Waals surface area contributed by atoms with Crippen LogP contribution in [0.2, 0.25) is 0 Å². The highest BCUT2D eigenvalue weighted by Crippen LogP contribution is 2.29. The third kappa shape index (κ3) is 4.22. The SMILES string of the molecule is c1cncc(CN(Cc2nnnn2C2CCCC2)CC2CCCO2)c1. The average molecular weight is 342 g/mol. The van der Waals surface area contributed by atoms with E-state index in [9.17, 15) is 0 Å². The molecule has 7 nitrogen and oxygen atoms in total. The van der Waals surface area contributed by atoms with Crippen LogP contribution in [-0.2, 0) is 17.8 Å². The van der Waals surface area contributed by atoms with Crippen molar-refractivity contribution in [2.75, 3.05) is 13.2 Å². The Balaban J connectivity index is 1.48. The van der Waals surface area contributed by atoms with Crippen molar-refractivity contribution in [2.45, 2.75) is 63.8 Å². The Kier molecular flexibility index (Phi) is 5.32. The molecule has 2 aromatic heterocycles. The fraction of sp³-hybridized carbons (Fsp3) is 0.667. The van der Waals surface area contributed by atoms with E-state index in [2.05, 4.69) is 36.2 Å². The highest BCUT2D eigenvalue weighted by atomic mass is 16.5. The fourth-order valence-electron chi connectivity index (χ4n) is 3.96. The van der Waals surface area contributed by atoms with Gasteiger partial charge < -0.3 is 4.74 Å². The summed E-state index contributed by atoms with van der Waals surface area (Å²) in [4.78, 5) is 6.64. The molecular weight excluding hydrogens is 316 g/mol. The van der Waals surface area contributed by atoms with Gasteiger partial charge in [0.1, 0.15) is 0 Å². The minimum absolute atomic E-state index is 0.312. The van der Waals surface area contributed by atoms with Gasteiger partial charge in [-0.25, -0.2) is 4.68 Å². The second kappa shape index (κ2) is 8.01. The van der Waals surface area contributed by atoms with Crippen molar-refractivity contribution in [2.24, 2.45) is 0 Å². The van der Waals surface area contributed by atoms with Crippen LogP contribution in [0.5, 0.6) is 0 Å². The average Bonchev–Trinajstić information content (AvgIpc) is 3.38. The first-order valence-electron chi connectivity index (χ1n) is 9.38. The quantitative estimate of drug-likeness (QED) is 0.769. The minimum Gasteiger partial charge on any atom is -0.377 e. The summed E-state index contributed by atoms with van der Waals surface area (Å²) in [5, 5.41) is 12.5. The van der Waals surface area contributed by atoms with Crippen molar-refractivity contribution in [1.82, 2.24) is 30.1 Å². The molecule has 1 saturated carbocycles. The molecule has 1 atom stereocenters. The van der Waals surface area contributed by atoms with Crippen LogP contribution in [0.3, 0.4) is 0 Å². The molecule has 0 spiro atoms. The second-order valence-electron chi connectivity index (χ2n) is 7.14. The summed E-state index contributed by atoms with van der Waals surface area (Å²) in [5.74, 6) is 0.966. The highest BCUT2D eigenvalue weighted by Gasteiger charge is 2.24. The predicted octanol–water partition coefficient (Wildman–Crippen LogP) is 2.36. The maximum atomic E-state index is 5.85. The molecule has 4 rings (SSSR count). The van der Waals surface area contributed by atoms with Crippen molar-refractivity contribution in [3.8, 4) is 0 Å². The molecule has 25 heavy (non-hydrogen) atoms. The first-order valence-corrected chi connectivity index (χ1v) is 9.38. The number of hydrogen-bond donors (Lipinski definition) is 0. The summed E-state index contributed by atoms with van der Waals surface area (Å²) in [6, 6.07) is 4.57. The molecule has 0 radical (unpaired) electrons. The van der Waals surface area contributed by atoms with Gasteiger partial charge in [0.25, 0.3) is 0 Å². The molecule has 1 aliphatic heterocycles. The van der Waals surface area contributed by atoms with Gasteiger partial charge >= 0.3 is 0 Å². The molecule has 1 unspecified atom stereocenters. The molecule has 2 fully saturated rings. The van der Waals surface area contributed by atoms with E-state index in [1.54, 1.807) is 0 Å². The summed E-state index contributed by atoms with van der Waals surface area (Å²) in [6.45, 7) is 3.38. The Bertz CT molecular complexity index is 649. The van der Waals surface area contributed by atoms with Gasteiger partial charge in [-0.15, -0.1) is 5.10 Å². The number of ether oxygens (including phenoxy) is 1. The zero-order chi connectivity index (χ0) is 16.9. The van der Waals surface area contributed by atoms with Crippen LogP contribution in [0.15, 0.2) is 24.5 Å². The van der Waals surface area contributed by atoms with Crippen LogP contribution < -0.4 is 0 Å². The minimum atomic E-state index is 0.312. The summed E-state index contributed by atoms with van der Waals surface area (Å²) >= 11 is 0. The van der Waals surface area contributed by atoms with E-state index in [0.717, 1.165) is 44.9 Å². The van der Waals surface area contributed by atoms with Crippen LogP contribution in [-0.4, -0.2) is 49.3 Å². The van der Waals surface area contributed by atoms with Gasteiger partial charge in [-0.1, -0.05) is 18.9 Å². The van der Waals surface area contributed by atoms with Crippen LogP contribution in [0.25, 0.3) is 0 Å². The second-order valence-corrected chi connectivity index (χ2v) is 7.14. The maximum absolute atomic E-state index is 5.85. The van der Waals surface area contributed by atoms with E-state index in [4.69, 9.17) is 4.74 Å². The molecule has 0 aromatic carbocycles. The fourth-order valence-corrected chi connectivity index (χ4v) is 3.96. The van der Waals surface area contributed by atoms with Gasteiger partial charge in [-0.2, -0.15) is 0 Å². The molecular formula is C18H26N6O. The zero-order valence-corrected chi connectivity index (χ0v) is 14.6. The van der Waals surface area contributed by atoms with Gasteiger partial charge in [0.2, 0.25) is 0 Å². The number of nitrogens with zero attached hydrogens (tertiary/aromatic N) is 6. The highest BCUT2D eigenvalue weighted by molar-refractivity contribution is 5.08. The first-order chi connectivity index (χ1) is 12.4. The maximum Gasteiger partial charge on any atom is 0.165 e. The number of rotatable bonds is 7. The summed E-state index contributed by atoms with van der Waals surface area (Å²) < 4.78 is 7.91. The van der Waals surface area contributed by atoms with Crippen molar-refractivity contribution in [1.29, 1.82) is 0 Å². The van der Waals surface area contributed by atoms with E-state index in [1.807, 2.05) is 18.5 Å². The molecule has 7 heteroatoms. The van der Waals surface area contributed by atoms with E-state index < -0.39 is 0 Å². The smallest absolute Gasteiger partial charge is 0.165 e. The zero-order valence-electron chi connectivity index (χ0n) is 14.6. The third-order valence-electron chi connectivity index (χ3n) is 5.21. The molecule has 1 aliphatic carbocycles.